The van der Waals surface area contributed by atoms with Gasteiger partial charge in [0.1, 0.15) is 0 Å². The first-order valence-electron chi connectivity index (χ1n) is 6.73. The summed E-state index contributed by atoms with van der Waals surface area (Å²) in [7, 11) is 0. The van der Waals surface area contributed by atoms with E-state index in [0.717, 1.165) is 13.1 Å². The quantitative estimate of drug-likeness (QED) is 0.940. The summed E-state index contributed by atoms with van der Waals surface area (Å²) >= 11 is 1.74. The van der Waals surface area contributed by atoms with Crippen molar-refractivity contribution < 1.29 is 14.6 Å². The average Bonchev–Trinajstić information content (AvgIpc) is 2.84. The molecule has 1 aromatic heterocycles. The second kappa shape index (κ2) is 5.91. The Morgan fingerprint density at radius 3 is 3.15 bits per heavy atom. The van der Waals surface area contributed by atoms with Gasteiger partial charge in [0.25, 0.3) is 0 Å². The van der Waals surface area contributed by atoms with Gasteiger partial charge in [0.2, 0.25) is 0 Å². The maximum absolute atomic E-state index is 10.9. The molecule has 20 heavy (non-hydrogen) atoms. The van der Waals surface area contributed by atoms with Crippen LogP contribution in [0.1, 0.15) is 12.0 Å². The number of fused-ring (bicyclic) bond motifs is 1. The zero-order valence-corrected chi connectivity index (χ0v) is 11.9. The molecule has 0 saturated carbocycles. The molecule has 3 rings (SSSR count). The second-order valence-electron chi connectivity index (χ2n) is 5.05. The minimum Gasteiger partial charge on any atom is -0.481 e. The lowest BCUT2D eigenvalue weighted by molar-refractivity contribution is -0.140. The highest BCUT2D eigenvalue weighted by atomic mass is 32.1. The van der Waals surface area contributed by atoms with Crippen LogP contribution >= 0.6 is 11.3 Å². The van der Waals surface area contributed by atoms with Crippen LogP contribution in [0.3, 0.4) is 0 Å². The second-order valence-corrected chi connectivity index (χ2v) is 5.97. The molecule has 0 radical (unpaired) electrons. The topological polar surface area (TPSA) is 49.8 Å². The third kappa shape index (κ3) is 2.85. The summed E-state index contributed by atoms with van der Waals surface area (Å²) in [5.74, 6) is -0.763. The third-order valence-corrected chi connectivity index (χ3v) is 4.71. The molecule has 106 valence electrons. The number of aliphatic carboxylic acids is 1. The summed E-state index contributed by atoms with van der Waals surface area (Å²) in [5.41, 5.74) is 1.28. The highest BCUT2D eigenvalue weighted by molar-refractivity contribution is 7.17. The molecule has 1 unspecified atom stereocenters. The van der Waals surface area contributed by atoms with Gasteiger partial charge in [-0.15, -0.1) is 11.3 Å². The van der Waals surface area contributed by atoms with E-state index in [9.17, 15) is 4.79 Å². The van der Waals surface area contributed by atoms with E-state index in [4.69, 9.17) is 9.84 Å². The number of morpholine rings is 1. The van der Waals surface area contributed by atoms with E-state index in [2.05, 4.69) is 22.4 Å². The predicted octanol–water partition coefficient (Wildman–Crippen LogP) is 2.58. The van der Waals surface area contributed by atoms with Gasteiger partial charge in [-0.3, -0.25) is 9.69 Å². The molecule has 2 aromatic rings. The third-order valence-electron chi connectivity index (χ3n) is 3.69. The number of thiophene rings is 1. The molecule has 0 amide bonds. The first-order valence-corrected chi connectivity index (χ1v) is 7.60. The van der Waals surface area contributed by atoms with Crippen molar-refractivity contribution in [3.63, 3.8) is 0 Å². The van der Waals surface area contributed by atoms with Crippen LogP contribution in [-0.2, 0) is 16.1 Å². The highest BCUT2D eigenvalue weighted by Crippen LogP contribution is 2.27. The molecule has 1 aliphatic rings. The Bertz CT molecular complexity index is 610. The molecule has 1 aromatic carbocycles. The number of benzene rings is 1. The van der Waals surface area contributed by atoms with Crippen LogP contribution in [0, 0.1) is 0 Å². The van der Waals surface area contributed by atoms with Crippen molar-refractivity contribution in [2.75, 3.05) is 19.8 Å². The van der Waals surface area contributed by atoms with E-state index >= 15 is 0 Å². The number of carboxylic acid groups (broad SMARTS) is 1. The largest absolute Gasteiger partial charge is 0.481 e. The van der Waals surface area contributed by atoms with Crippen molar-refractivity contribution in [3.8, 4) is 0 Å². The highest BCUT2D eigenvalue weighted by Gasteiger charge is 2.25. The van der Waals surface area contributed by atoms with Crippen LogP contribution < -0.4 is 0 Å². The fraction of sp³-hybridized carbons (Fsp3) is 0.400. The molecule has 4 nitrogen and oxygen atoms in total. The Morgan fingerprint density at radius 2 is 2.30 bits per heavy atom. The van der Waals surface area contributed by atoms with Gasteiger partial charge in [-0.05, 0) is 22.4 Å². The molecular weight excluding hydrogens is 274 g/mol. The summed E-state index contributed by atoms with van der Waals surface area (Å²) in [4.78, 5) is 13.2. The number of nitrogens with zero attached hydrogens (tertiary/aromatic N) is 1. The first-order chi connectivity index (χ1) is 9.74. The number of carboxylic acids is 1. The van der Waals surface area contributed by atoms with Crippen molar-refractivity contribution in [2.24, 2.45) is 0 Å². The van der Waals surface area contributed by atoms with Crippen molar-refractivity contribution in [1.29, 1.82) is 0 Å². The Kier molecular flexibility index (Phi) is 4.00. The molecule has 1 saturated heterocycles. The lowest BCUT2D eigenvalue weighted by atomic mass is 10.1. The minimum atomic E-state index is -0.763. The number of hydrogen-bond acceptors (Lipinski definition) is 4. The van der Waals surface area contributed by atoms with E-state index in [-0.39, 0.29) is 12.5 Å². The van der Waals surface area contributed by atoms with Gasteiger partial charge in [-0.2, -0.15) is 0 Å². The van der Waals surface area contributed by atoms with Crippen molar-refractivity contribution >= 4 is 27.4 Å². The van der Waals surface area contributed by atoms with Crippen LogP contribution in [0.5, 0.6) is 0 Å². The van der Waals surface area contributed by atoms with Crippen molar-refractivity contribution in [1.82, 2.24) is 4.90 Å². The predicted molar refractivity (Wildman–Crippen MR) is 79.1 cm³/mol. The molecule has 1 fully saturated rings. The first kappa shape index (κ1) is 13.5. The molecule has 0 aliphatic carbocycles. The fourth-order valence-electron chi connectivity index (χ4n) is 2.66. The Labute approximate surface area is 121 Å². The summed E-state index contributed by atoms with van der Waals surface area (Å²) in [6.07, 6.45) is 0.141. The fourth-order valence-corrected chi connectivity index (χ4v) is 3.61. The summed E-state index contributed by atoms with van der Waals surface area (Å²) in [5, 5.41) is 12.5. The molecule has 1 N–H and O–H groups in total. The summed E-state index contributed by atoms with van der Waals surface area (Å²) in [6.45, 7) is 2.78. The molecule has 0 spiro atoms. The van der Waals surface area contributed by atoms with E-state index in [0.29, 0.717) is 13.2 Å². The molecular formula is C15H17NO3S. The number of hydrogen-bond donors (Lipinski definition) is 1. The van der Waals surface area contributed by atoms with E-state index < -0.39 is 5.97 Å². The summed E-state index contributed by atoms with van der Waals surface area (Å²) in [6, 6.07) is 8.32. The van der Waals surface area contributed by atoms with Gasteiger partial charge in [0, 0.05) is 23.8 Å². The van der Waals surface area contributed by atoms with Crippen LogP contribution in [0.4, 0.5) is 0 Å². The molecule has 5 heteroatoms. The Balaban J connectivity index is 1.79. The molecule has 1 aliphatic heterocycles. The molecule has 2 heterocycles. The lowest BCUT2D eigenvalue weighted by Gasteiger charge is -2.34. The lowest BCUT2D eigenvalue weighted by Crippen LogP contribution is -2.45. The monoisotopic (exact) mass is 291 g/mol. The van der Waals surface area contributed by atoms with Crippen LogP contribution in [0.15, 0.2) is 29.6 Å². The molecule has 1 atom stereocenters. The maximum Gasteiger partial charge on any atom is 0.305 e. The number of rotatable bonds is 4. The van der Waals surface area contributed by atoms with E-state index in [1.54, 1.807) is 11.3 Å². The minimum absolute atomic E-state index is 0.0279. The maximum atomic E-state index is 10.9. The van der Waals surface area contributed by atoms with Gasteiger partial charge in [-0.25, -0.2) is 0 Å². The molecule has 0 bridgehead atoms. The zero-order chi connectivity index (χ0) is 13.9. The number of ether oxygens (including phenoxy) is 1. The number of carbonyl (C=O) groups is 1. The van der Waals surface area contributed by atoms with Crippen molar-refractivity contribution in [2.45, 2.75) is 19.0 Å². The SMILES string of the molecule is O=C(O)CC1COCCN1Cc1csc2ccccc12. The summed E-state index contributed by atoms with van der Waals surface area (Å²) < 4.78 is 6.70. The Morgan fingerprint density at radius 1 is 1.45 bits per heavy atom. The van der Waals surface area contributed by atoms with Crippen LogP contribution in [0.25, 0.3) is 10.1 Å². The Hall–Kier alpha value is -1.43. The van der Waals surface area contributed by atoms with Gasteiger partial charge < -0.3 is 9.84 Å². The van der Waals surface area contributed by atoms with Crippen molar-refractivity contribution in [3.05, 3.63) is 35.2 Å². The van der Waals surface area contributed by atoms with Gasteiger partial charge in [0.05, 0.1) is 19.6 Å². The zero-order valence-electron chi connectivity index (χ0n) is 11.1. The smallest absolute Gasteiger partial charge is 0.305 e. The standard InChI is InChI=1S/C15H17NO3S/c17-15(18)7-12-9-19-6-5-16(12)8-11-10-20-14-4-2-1-3-13(11)14/h1-4,10,12H,5-9H2,(H,17,18). The van der Waals surface area contributed by atoms with E-state index in [1.807, 2.05) is 12.1 Å². The van der Waals surface area contributed by atoms with Gasteiger partial charge in [0.15, 0.2) is 0 Å². The van der Waals surface area contributed by atoms with Gasteiger partial charge in [-0.1, -0.05) is 18.2 Å². The normalized spacial score (nSPS) is 20.3. The van der Waals surface area contributed by atoms with Gasteiger partial charge >= 0.3 is 5.97 Å². The van der Waals surface area contributed by atoms with Crippen LogP contribution in [0.2, 0.25) is 0 Å². The van der Waals surface area contributed by atoms with E-state index in [1.165, 1.54) is 15.6 Å². The average molecular weight is 291 g/mol. The van der Waals surface area contributed by atoms with Crippen LogP contribution in [-0.4, -0.2) is 41.8 Å².